The van der Waals surface area contributed by atoms with E-state index in [-0.39, 0.29) is 17.2 Å². The van der Waals surface area contributed by atoms with Gasteiger partial charge in [-0.15, -0.1) is 11.3 Å². The molecule has 0 bridgehead atoms. The number of aryl methyl sites for hydroxylation is 1. The van der Waals surface area contributed by atoms with Crippen LogP contribution in [-0.2, 0) is 16.1 Å². The highest BCUT2D eigenvalue weighted by molar-refractivity contribution is 7.09. The van der Waals surface area contributed by atoms with Crippen molar-refractivity contribution in [3.05, 3.63) is 16.1 Å². The van der Waals surface area contributed by atoms with Gasteiger partial charge < -0.3 is 10.2 Å². The Balaban J connectivity index is 2.28. The number of nitrogens with zero attached hydrogens (tertiary/aromatic N) is 2. The predicted octanol–water partition coefficient (Wildman–Crippen LogP) is 2.10. The maximum atomic E-state index is 12.8. The minimum absolute atomic E-state index is 0.0143. The van der Waals surface area contributed by atoms with Crippen LogP contribution in [-0.4, -0.2) is 33.8 Å². The number of hydrogen-bond acceptors (Lipinski definition) is 4. The Kier molecular flexibility index (Phi) is 4.37. The smallest absolute Gasteiger partial charge is 0.246 e. The molecule has 21 heavy (non-hydrogen) atoms. The van der Waals surface area contributed by atoms with Gasteiger partial charge in [0.2, 0.25) is 11.8 Å². The van der Waals surface area contributed by atoms with Crippen molar-refractivity contribution < 1.29 is 9.59 Å². The average molecular weight is 309 g/mol. The molecule has 5 nitrogen and oxygen atoms in total. The third kappa shape index (κ3) is 3.26. The molecular formula is C15H23N3O2S. The van der Waals surface area contributed by atoms with E-state index in [2.05, 4.69) is 10.3 Å². The monoisotopic (exact) mass is 309 g/mol. The molecule has 1 saturated heterocycles. The molecule has 1 aromatic rings. The van der Waals surface area contributed by atoms with E-state index in [1.807, 2.05) is 40.0 Å². The molecule has 116 valence electrons. The topological polar surface area (TPSA) is 62.3 Å². The van der Waals surface area contributed by atoms with E-state index in [4.69, 9.17) is 0 Å². The highest BCUT2D eigenvalue weighted by Crippen LogP contribution is 2.27. The third-order valence-corrected chi connectivity index (χ3v) is 4.57. The van der Waals surface area contributed by atoms with Crippen molar-refractivity contribution in [2.24, 2.45) is 5.41 Å². The first-order valence-electron chi connectivity index (χ1n) is 7.26. The summed E-state index contributed by atoms with van der Waals surface area (Å²) >= 11 is 1.56. The van der Waals surface area contributed by atoms with Crippen LogP contribution in [0.5, 0.6) is 0 Å². The maximum absolute atomic E-state index is 12.8. The second-order valence-corrected chi connectivity index (χ2v) is 7.62. The number of aromatic nitrogens is 1. The number of hydrogen-bond donors (Lipinski definition) is 1. The number of carbonyl (C=O) groups excluding carboxylic acids is 2. The van der Waals surface area contributed by atoms with E-state index in [1.54, 1.807) is 16.2 Å². The summed E-state index contributed by atoms with van der Waals surface area (Å²) in [5, 5.41) is 5.80. The van der Waals surface area contributed by atoms with E-state index in [9.17, 15) is 9.59 Å². The summed E-state index contributed by atoms with van der Waals surface area (Å²) in [5.74, 6) is -0.0800. The number of thiazole rings is 1. The van der Waals surface area contributed by atoms with Crippen LogP contribution >= 0.6 is 11.3 Å². The van der Waals surface area contributed by atoms with Gasteiger partial charge in [-0.3, -0.25) is 9.59 Å². The highest BCUT2D eigenvalue weighted by atomic mass is 32.1. The molecule has 2 amide bonds. The Morgan fingerprint density at radius 3 is 2.52 bits per heavy atom. The molecule has 2 heterocycles. The second-order valence-electron chi connectivity index (χ2n) is 6.56. The van der Waals surface area contributed by atoms with Crippen LogP contribution in [0, 0.1) is 12.3 Å². The highest BCUT2D eigenvalue weighted by Gasteiger charge is 2.44. The van der Waals surface area contributed by atoms with Gasteiger partial charge >= 0.3 is 0 Å². The molecule has 2 unspecified atom stereocenters. The second kappa shape index (κ2) is 5.75. The molecule has 0 spiro atoms. The quantitative estimate of drug-likeness (QED) is 0.930. The van der Waals surface area contributed by atoms with Crippen LogP contribution in [0.3, 0.4) is 0 Å². The molecule has 0 radical (unpaired) electrons. The van der Waals surface area contributed by atoms with Crippen LogP contribution in [0.2, 0.25) is 0 Å². The van der Waals surface area contributed by atoms with Crippen molar-refractivity contribution in [3.8, 4) is 0 Å². The largest absolute Gasteiger partial charge is 0.342 e. The van der Waals surface area contributed by atoms with Crippen molar-refractivity contribution in [1.82, 2.24) is 15.2 Å². The molecule has 1 aliphatic rings. The summed E-state index contributed by atoms with van der Waals surface area (Å²) in [7, 11) is 0. The summed E-state index contributed by atoms with van der Waals surface area (Å²) < 4.78 is 0. The predicted molar refractivity (Wildman–Crippen MR) is 82.9 cm³/mol. The van der Waals surface area contributed by atoms with Gasteiger partial charge in [0.05, 0.1) is 17.2 Å². The van der Waals surface area contributed by atoms with Crippen LogP contribution in [0.15, 0.2) is 5.38 Å². The minimum atomic E-state index is -0.479. The first-order valence-corrected chi connectivity index (χ1v) is 8.14. The lowest BCUT2D eigenvalue weighted by atomic mass is 9.83. The lowest BCUT2D eigenvalue weighted by molar-refractivity contribution is -0.153. The molecule has 1 N–H and O–H groups in total. The van der Waals surface area contributed by atoms with Gasteiger partial charge in [0.15, 0.2) is 0 Å². The van der Waals surface area contributed by atoms with Gasteiger partial charge in [0.25, 0.3) is 0 Å². The maximum Gasteiger partial charge on any atom is 0.246 e. The summed E-state index contributed by atoms with van der Waals surface area (Å²) in [6.45, 7) is 10.2. The lowest BCUT2D eigenvalue weighted by Gasteiger charge is -2.42. The number of carbonyl (C=O) groups is 2. The van der Waals surface area contributed by atoms with Crippen LogP contribution in [0.4, 0.5) is 0 Å². The molecular weight excluding hydrogens is 286 g/mol. The summed E-state index contributed by atoms with van der Waals surface area (Å²) in [5.41, 5.74) is 0.550. The fraction of sp³-hybridized carbons (Fsp3) is 0.667. The molecule has 0 aliphatic carbocycles. The van der Waals surface area contributed by atoms with Gasteiger partial charge in [-0.2, -0.15) is 0 Å². The molecule has 2 atom stereocenters. The molecule has 0 saturated carbocycles. The average Bonchev–Trinajstić information content (AvgIpc) is 2.78. The number of rotatable bonds is 3. The van der Waals surface area contributed by atoms with E-state index >= 15 is 0 Å². The Bertz CT molecular complexity index is 547. The van der Waals surface area contributed by atoms with Crippen molar-refractivity contribution in [2.45, 2.75) is 59.7 Å². The van der Waals surface area contributed by atoms with Crippen LogP contribution in [0.1, 0.15) is 44.8 Å². The van der Waals surface area contributed by atoms with Crippen LogP contribution < -0.4 is 5.32 Å². The first-order chi connectivity index (χ1) is 9.74. The molecule has 1 aromatic heterocycles. The Hall–Kier alpha value is -1.43. The fourth-order valence-electron chi connectivity index (χ4n) is 2.60. The van der Waals surface area contributed by atoms with Crippen LogP contribution in [0.25, 0.3) is 0 Å². The first kappa shape index (κ1) is 15.9. The Morgan fingerprint density at radius 2 is 2.05 bits per heavy atom. The fourth-order valence-corrected chi connectivity index (χ4v) is 3.20. The van der Waals surface area contributed by atoms with Gasteiger partial charge in [0, 0.05) is 5.38 Å². The van der Waals surface area contributed by atoms with Crippen molar-refractivity contribution >= 4 is 23.2 Å². The van der Waals surface area contributed by atoms with Gasteiger partial charge in [-0.05, 0) is 18.8 Å². The van der Waals surface area contributed by atoms with E-state index in [1.165, 1.54) is 0 Å². The molecule has 1 fully saturated rings. The van der Waals surface area contributed by atoms with Crippen molar-refractivity contribution in [3.63, 3.8) is 0 Å². The number of nitrogens with one attached hydrogen (secondary N) is 1. The number of amides is 2. The normalized spacial score (nSPS) is 23.4. The van der Waals surface area contributed by atoms with Gasteiger partial charge in [-0.25, -0.2) is 4.98 Å². The summed E-state index contributed by atoms with van der Waals surface area (Å²) in [4.78, 5) is 31.2. The Labute approximate surface area is 129 Å². The lowest BCUT2D eigenvalue weighted by Crippen LogP contribution is -2.66. The van der Waals surface area contributed by atoms with E-state index < -0.39 is 12.1 Å². The standard InChI is InChI=1S/C15H23N3O2S/c1-6-11-13(19)17-12(15(3,4)5)14(20)18(11)7-10-8-21-9(2)16-10/h8,11-12H,6-7H2,1-5H3,(H,17,19). The van der Waals surface area contributed by atoms with E-state index in [0.717, 1.165) is 10.7 Å². The summed E-state index contributed by atoms with van der Waals surface area (Å²) in [6.07, 6.45) is 0.609. The molecule has 1 aliphatic heterocycles. The van der Waals surface area contributed by atoms with Crippen molar-refractivity contribution in [2.75, 3.05) is 0 Å². The van der Waals surface area contributed by atoms with E-state index in [0.29, 0.717) is 13.0 Å². The van der Waals surface area contributed by atoms with Gasteiger partial charge in [-0.1, -0.05) is 27.7 Å². The minimum Gasteiger partial charge on any atom is -0.342 e. The Morgan fingerprint density at radius 1 is 1.38 bits per heavy atom. The zero-order valence-corrected chi connectivity index (χ0v) is 14.1. The molecule has 6 heteroatoms. The SMILES string of the molecule is CCC1C(=O)NC(C(C)(C)C)C(=O)N1Cc1csc(C)n1. The van der Waals surface area contributed by atoms with Gasteiger partial charge in [0.1, 0.15) is 12.1 Å². The third-order valence-electron chi connectivity index (χ3n) is 3.75. The zero-order valence-electron chi connectivity index (χ0n) is 13.3. The molecule has 0 aromatic carbocycles. The number of piperazine rings is 1. The summed E-state index contributed by atoms with van der Waals surface area (Å²) in [6, 6.07) is -0.884. The zero-order chi connectivity index (χ0) is 15.8. The van der Waals surface area contributed by atoms with Crippen molar-refractivity contribution in [1.29, 1.82) is 0 Å². The molecule has 2 rings (SSSR count).